The maximum atomic E-state index is 11.2. The topological polar surface area (TPSA) is 61.5 Å². The standard InChI is InChI=1S/C16H23NO3/c1-3-20-16-11(5-4-6-15(18)19-2)7-8-12-9-13(17)10-14(12)16/h7-8,13H,3-6,9-10,17H2,1-2H3. The molecule has 1 aliphatic carbocycles. The summed E-state index contributed by atoms with van der Waals surface area (Å²) in [5.41, 5.74) is 9.77. The molecule has 0 bridgehead atoms. The van der Waals surface area contributed by atoms with Crippen molar-refractivity contribution in [1.82, 2.24) is 0 Å². The normalized spacial score (nSPS) is 16.9. The van der Waals surface area contributed by atoms with Gasteiger partial charge in [-0.3, -0.25) is 4.79 Å². The van der Waals surface area contributed by atoms with Crippen LogP contribution >= 0.6 is 0 Å². The van der Waals surface area contributed by atoms with E-state index in [4.69, 9.17) is 10.5 Å². The molecule has 0 aromatic heterocycles. The molecule has 1 aromatic carbocycles. The predicted molar refractivity (Wildman–Crippen MR) is 77.9 cm³/mol. The van der Waals surface area contributed by atoms with Crippen molar-refractivity contribution in [2.75, 3.05) is 13.7 Å². The number of carbonyl (C=O) groups excluding carboxylic acids is 1. The van der Waals surface area contributed by atoms with E-state index in [1.165, 1.54) is 23.8 Å². The van der Waals surface area contributed by atoms with E-state index in [2.05, 4.69) is 16.9 Å². The molecule has 1 atom stereocenters. The second kappa shape index (κ2) is 6.75. The van der Waals surface area contributed by atoms with Crippen molar-refractivity contribution in [1.29, 1.82) is 0 Å². The Bertz CT molecular complexity index is 485. The fourth-order valence-electron chi connectivity index (χ4n) is 2.80. The van der Waals surface area contributed by atoms with E-state index in [0.29, 0.717) is 13.0 Å². The Morgan fingerprint density at radius 1 is 1.40 bits per heavy atom. The molecule has 0 fully saturated rings. The highest BCUT2D eigenvalue weighted by atomic mass is 16.5. The van der Waals surface area contributed by atoms with Crippen LogP contribution in [0, 0.1) is 0 Å². The Morgan fingerprint density at radius 2 is 2.20 bits per heavy atom. The molecule has 1 unspecified atom stereocenters. The lowest BCUT2D eigenvalue weighted by Gasteiger charge is -2.14. The van der Waals surface area contributed by atoms with E-state index < -0.39 is 0 Å². The van der Waals surface area contributed by atoms with Gasteiger partial charge in [0.05, 0.1) is 13.7 Å². The first-order valence-corrected chi connectivity index (χ1v) is 7.24. The molecule has 1 aromatic rings. The summed E-state index contributed by atoms with van der Waals surface area (Å²) in [7, 11) is 1.42. The van der Waals surface area contributed by atoms with Gasteiger partial charge in [-0.05, 0) is 49.3 Å². The van der Waals surface area contributed by atoms with Crippen LogP contribution in [0.3, 0.4) is 0 Å². The van der Waals surface area contributed by atoms with Crippen LogP contribution < -0.4 is 10.5 Å². The Labute approximate surface area is 120 Å². The predicted octanol–water partition coefficient (Wildman–Crippen LogP) is 2.01. The van der Waals surface area contributed by atoms with Gasteiger partial charge in [0.15, 0.2) is 0 Å². The highest BCUT2D eigenvalue weighted by molar-refractivity contribution is 5.69. The summed E-state index contributed by atoms with van der Waals surface area (Å²) in [6.07, 6.45) is 3.86. The first kappa shape index (κ1) is 14.9. The number of hydrogen-bond acceptors (Lipinski definition) is 4. The molecular formula is C16H23NO3. The van der Waals surface area contributed by atoms with Crippen LogP contribution in [0.2, 0.25) is 0 Å². The maximum absolute atomic E-state index is 11.2. The van der Waals surface area contributed by atoms with Gasteiger partial charge in [0, 0.05) is 12.5 Å². The van der Waals surface area contributed by atoms with Gasteiger partial charge in [-0.15, -0.1) is 0 Å². The monoisotopic (exact) mass is 277 g/mol. The van der Waals surface area contributed by atoms with Gasteiger partial charge >= 0.3 is 5.97 Å². The fourth-order valence-corrected chi connectivity index (χ4v) is 2.80. The Morgan fingerprint density at radius 3 is 2.90 bits per heavy atom. The maximum Gasteiger partial charge on any atom is 0.305 e. The number of nitrogens with two attached hydrogens (primary N) is 1. The summed E-state index contributed by atoms with van der Waals surface area (Å²) in [5, 5.41) is 0. The van der Waals surface area contributed by atoms with Crippen LogP contribution in [-0.4, -0.2) is 25.7 Å². The van der Waals surface area contributed by atoms with Crippen LogP contribution in [0.5, 0.6) is 5.75 Å². The number of methoxy groups -OCH3 is 1. The van der Waals surface area contributed by atoms with E-state index in [0.717, 1.165) is 31.4 Å². The smallest absolute Gasteiger partial charge is 0.305 e. The first-order valence-electron chi connectivity index (χ1n) is 7.24. The lowest BCUT2D eigenvalue weighted by Crippen LogP contribution is -2.19. The third-order valence-electron chi connectivity index (χ3n) is 3.73. The summed E-state index contributed by atoms with van der Waals surface area (Å²) < 4.78 is 10.5. The molecule has 0 saturated heterocycles. The number of esters is 1. The number of carbonyl (C=O) groups is 1. The number of rotatable bonds is 6. The van der Waals surface area contributed by atoms with Crippen LogP contribution in [0.15, 0.2) is 12.1 Å². The third-order valence-corrected chi connectivity index (χ3v) is 3.73. The van der Waals surface area contributed by atoms with Crippen molar-refractivity contribution in [3.05, 3.63) is 28.8 Å². The summed E-state index contributed by atoms with van der Waals surface area (Å²) in [4.78, 5) is 11.2. The summed E-state index contributed by atoms with van der Waals surface area (Å²) in [5.74, 6) is 0.828. The van der Waals surface area contributed by atoms with Crippen molar-refractivity contribution < 1.29 is 14.3 Å². The fraction of sp³-hybridized carbons (Fsp3) is 0.562. The van der Waals surface area contributed by atoms with Gasteiger partial charge in [0.1, 0.15) is 5.75 Å². The highest BCUT2D eigenvalue weighted by Crippen LogP contribution is 2.34. The second-order valence-electron chi connectivity index (χ2n) is 5.22. The van der Waals surface area contributed by atoms with E-state index >= 15 is 0 Å². The summed E-state index contributed by atoms with van der Waals surface area (Å²) >= 11 is 0. The molecule has 0 radical (unpaired) electrons. The zero-order valence-electron chi connectivity index (χ0n) is 12.3. The molecule has 20 heavy (non-hydrogen) atoms. The molecule has 1 aliphatic rings. The third kappa shape index (κ3) is 3.31. The Kier molecular flexibility index (Phi) is 5.01. The van der Waals surface area contributed by atoms with Gasteiger partial charge in [-0.1, -0.05) is 12.1 Å². The molecule has 0 saturated carbocycles. The molecule has 4 heteroatoms. The number of aryl methyl sites for hydroxylation is 1. The summed E-state index contributed by atoms with van der Waals surface area (Å²) in [6, 6.07) is 4.46. The van der Waals surface area contributed by atoms with Gasteiger partial charge in [0.25, 0.3) is 0 Å². The lowest BCUT2D eigenvalue weighted by atomic mass is 10.0. The quantitative estimate of drug-likeness (QED) is 0.808. The number of hydrogen-bond donors (Lipinski definition) is 1. The minimum atomic E-state index is -0.161. The Hall–Kier alpha value is -1.55. The lowest BCUT2D eigenvalue weighted by molar-refractivity contribution is -0.140. The molecule has 110 valence electrons. The minimum Gasteiger partial charge on any atom is -0.493 e. The first-order chi connectivity index (χ1) is 9.65. The highest BCUT2D eigenvalue weighted by Gasteiger charge is 2.23. The number of fused-ring (bicyclic) bond motifs is 1. The van der Waals surface area contributed by atoms with Crippen molar-refractivity contribution in [2.45, 2.75) is 45.1 Å². The van der Waals surface area contributed by atoms with Crippen LogP contribution in [-0.2, 0) is 28.8 Å². The molecule has 2 rings (SSSR count). The van der Waals surface area contributed by atoms with Crippen molar-refractivity contribution in [3.8, 4) is 5.75 Å². The Balaban J connectivity index is 2.12. The SMILES string of the molecule is CCOc1c(CCCC(=O)OC)ccc2c1CC(N)C2. The average Bonchev–Trinajstić information content (AvgIpc) is 2.81. The molecule has 2 N–H and O–H groups in total. The molecule has 0 spiro atoms. The molecule has 4 nitrogen and oxygen atoms in total. The average molecular weight is 277 g/mol. The van der Waals surface area contributed by atoms with Gasteiger partial charge in [-0.25, -0.2) is 0 Å². The van der Waals surface area contributed by atoms with Gasteiger partial charge < -0.3 is 15.2 Å². The van der Waals surface area contributed by atoms with Gasteiger partial charge in [0.2, 0.25) is 0 Å². The van der Waals surface area contributed by atoms with E-state index in [-0.39, 0.29) is 12.0 Å². The van der Waals surface area contributed by atoms with Gasteiger partial charge in [-0.2, -0.15) is 0 Å². The van der Waals surface area contributed by atoms with Crippen LogP contribution in [0.1, 0.15) is 36.5 Å². The minimum absolute atomic E-state index is 0.161. The molecule has 0 aliphatic heterocycles. The van der Waals surface area contributed by atoms with E-state index in [1.54, 1.807) is 0 Å². The zero-order chi connectivity index (χ0) is 14.5. The second-order valence-corrected chi connectivity index (χ2v) is 5.22. The van der Waals surface area contributed by atoms with Crippen molar-refractivity contribution in [2.24, 2.45) is 5.73 Å². The molecule has 0 heterocycles. The number of benzene rings is 1. The van der Waals surface area contributed by atoms with Crippen LogP contribution in [0.25, 0.3) is 0 Å². The molecule has 0 amide bonds. The van der Waals surface area contributed by atoms with E-state index in [9.17, 15) is 4.79 Å². The number of ether oxygens (including phenoxy) is 2. The van der Waals surface area contributed by atoms with Crippen LogP contribution in [0.4, 0.5) is 0 Å². The molecular weight excluding hydrogens is 254 g/mol. The van der Waals surface area contributed by atoms with Crippen molar-refractivity contribution >= 4 is 5.97 Å². The summed E-state index contributed by atoms with van der Waals surface area (Å²) in [6.45, 7) is 2.64. The largest absolute Gasteiger partial charge is 0.493 e. The van der Waals surface area contributed by atoms with E-state index in [1.807, 2.05) is 6.92 Å². The van der Waals surface area contributed by atoms with Crippen molar-refractivity contribution in [3.63, 3.8) is 0 Å². The zero-order valence-corrected chi connectivity index (χ0v) is 12.3.